The van der Waals surface area contributed by atoms with Gasteiger partial charge in [-0.15, -0.1) is 0 Å². The average molecular weight is 200 g/mol. The van der Waals surface area contributed by atoms with Gasteiger partial charge in [-0.05, 0) is 23.3 Å². The fourth-order valence-corrected chi connectivity index (χ4v) is 2.00. The van der Waals surface area contributed by atoms with Crippen molar-refractivity contribution in [2.75, 3.05) is 6.54 Å². The molecule has 1 aliphatic rings. The molecule has 2 aromatic carbocycles. The van der Waals surface area contributed by atoms with Gasteiger partial charge in [0.25, 0.3) is 0 Å². The van der Waals surface area contributed by atoms with Gasteiger partial charge in [-0.3, -0.25) is 0 Å². The molecule has 2 aromatic rings. The summed E-state index contributed by atoms with van der Waals surface area (Å²) in [5.41, 5.74) is 6.97. The Balaban J connectivity index is 2.27. The molecule has 0 atom stereocenters. The van der Waals surface area contributed by atoms with Crippen LogP contribution in [-0.4, -0.2) is 6.54 Å². The van der Waals surface area contributed by atoms with E-state index in [1.54, 1.807) is 0 Å². The first kappa shape index (κ1) is 8.71. The highest BCUT2D eigenvalue weighted by atomic mass is 16.7. The Hall–Kier alpha value is -1.58. The second-order valence-electron chi connectivity index (χ2n) is 3.64. The Morgan fingerprint density at radius 2 is 2.00 bits per heavy atom. The molecule has 0 spiro atoms. The summed E-state index contributed by atoms with van der Waals surface area (Å²) in [4.78, 5) is 5.40. The largest absolute Gasteiger partial charge is 0.394 e. The molecule has 3 nitrogen and oxygen atoms in total. The van der Waals surface area contributed by atoms with Gasteiger partial charge in [-0.25, -0.2) is 5.43 Å². The summed E-state index contributed by atoms with van der Waals surface area (Å²) in [5.74, 6) is 0.915. The molecule has 3 rings (SSSR count). The van der Waals surface area contributed by atoms with Crippen molar-refractivity contribution < 1.29 is 4.84 Å². The zero-order chi connectivity index (χ0) is 10.1. The molecule has 0 amide bonds. The van der Waals surface area contributed by atoms with Crippen LogP contribution < -0.4 is 15.9 Å². The fraction of sp³-hybridized carbons (Fsp3) is 0.167. The lowest BCUT2D eigenvalue weighted by molar-refractivity contribution is 0.158. The quantitative estimate of drug-likeness (QED) is 0.680. The summed E-state index contributed by atoms with van der Waals surface area (Å²) in [7, 11) is 0. The molecule has 0 saturated heterocycles. The molecule has 0 aliphatic carbocycles. The van der Waals surface area contributed by atoms with E-state index in [0.29, 0.717) is 0 Å². The Labute approximate surface area is 88.0 Å². The summed E-state index contributed by atoms with van der Waals surface area (Å²) < 4.78 is 0. The molecule has 0 saturated carbocycles. The number of benzene rings is 2. The van der Waals surface area contributed by atoms with Crippen LogP contribution in [0.2, 0.25) is 0 Å². The van der Waals surface area contributed by atoms with Crippen LogP contribution in [0.5, 0.6) is 5.75 Å². The summed E-state index contributed by atoms with van der Waals surface area (Å²) in [6, 6.07) is 12.5. The lowest BCUT2D eigenvalue weighted by Crippen LogP contribution is -2.33. The van der Waals surface area contributed by atoms with Crippen molar-refractivity contribution in [3.05, 3.63) is 42.0 Å². The Morgan fingerprint density at radius 1 is 1.07 bits per heavy atom. The third-order valence-electron chi connectivity index (χ3n) is 2.73. The molecule has 2 N–H and O–H groups in total. The van der Waals surface area contributed by atoms with Crippen molar-refractivity contribution in [1.82, 2.24) is 11.0 Å². The number of hydrogen-bond acceptors (Lipinski definition) is 3. The fourth-order valence-electron chi connectivity index (χ4n) is 2.00. The molecule has 0 fully saturated rings. The van der Waals surface area contributed by atoms with Crippen LogP contribution in [0.3, 0.4) is 0 Å². The van der Waals surface area contributed by atoms with E-state index in [1.807, 2.05) is 6.07 Å². The van der Waals surface area contributed by atoms with E-state index >= 15 is 0 Å². The van der Waals surface area contributed by atoms with E-state index in [0.717, 1.165) is 18.7 Å². The highest BCUT2D eigenvalue weighted by Crippen LogP contribution is 2.28. The van der Waals surface area contributed by atoms with Crippen LogP contribution in [0, 0.1) is 0 Å². The van der Waals surface area contributed by atoms with Crippen molar-refractivity contribution in [2.45, 2.75) is 6.42 Å². The number of hydrazine groups is 1. The number of hydrogen-bond donors (Lipinski definition) is 2. The normalized spacial score (nSPS) is 15.5. The standard InChI is InChI=1S/C12H12N2O/c1-2-4-10-9(3-1)5-6-12-11(10)7-8-13-14-15-12/h1-6,13-14H,7-8H2. The highest BCUT2D eigenvalue weighted by molar-refractivity contribution is 5.87. The van der Waals surface area contributed by atoms with Gasteiger partial charge in [-0.1, -0.05) is 35.9 Å². The van der Waals surface area contributed by atoms with Crippen LogP contribution in [-0.2, 0) is 6.42 Å². The Bertz CT molecular complexity index is 496. The van der Waals surface area contributed by atoms with Crippen molar-refractivity contribution in [1.29, 1.82) is 0 Å². The lowest BCUT2D eigenvalue weighted by Gasteiger charge is -2.08. The van der Waals surface area contributed by atoms with Gasteiger partial charge < -0.3 is 4.84 Å². The molecule has 15 heavy (non-hydrogen) atoms. The van der Waals surface area contributed by atoms with Crippen LogP contribution in [0.15, 0.2) is 36.4 Å². The van der Waals surface area contributed by atoms with E-state index in [2.05, 4.69) is 41.3 Å². The maximum atomic E-state index is 5.40. The van der Waals surface area contributed by atoms with E-state index in [1.165, 1.54) is 16.3 Å². The first-order valence-corrected chi connectivity index (χ1v) is 5.10. The van der Waals surface area contributed by atoms with Crippen LogP contribution in [0.25, 0.3) is 10.8 Å². The molecule has 1 aliphatic heterocycles. The molecule has 1 heterocycles. The minimum absolute atomic E-state index is 0.876. The number of fused-ring (bicyclic) bond motifs is 3. The van der Waals surface area contributed by atoms with Crippen molar-refractivity contribution in [2.24, 2.45) is 0 Å². The minimum atomic E-state index is 0.876. The predicted octanol–water partition coefficient (Wildman–Crippen LogP) is 1.78. The van der Waals surface area contributed by atoms with Gasteiger partial charge in [0.1, 0.15) is 0 Å². The van der Waals surface area contributed by atoms with E-state index < -0.39 is 0 Å². The summed E-state index contributed by atoms with van der Waals surface area (Å²) in [5, 5.41) is 2.54. The third kappa shape index (κ3) is 1.46. The SMILES string of the molecule is c1ccc2c3c(ccc2c1)ONNCC3. The van der Waals surface area contributed by atoms with Crippen LogP contribution in [0.4, 0.5) is 0 Å². The zero-order valence-electron chi connectivity index (χ0n) is 8.29. The smallest absolute Gasteiger partial charge is 0.152 e. The van der Waals surface area contributed by atoms with Gasteiger partial charge in [0, 0.05) is 12.1 Å². The maximum absolute atomic E-state index is 5.40. The van der Waals surface area contributed by atoms with E-state index in [-0.39, 0.29) is 0 Å². The maximum Gasteiger partial charge on any atom is 0.152 e. The summed E-state index contributed by atoms with van der Waals surface area (Å²) in [6.07, 6.45) is 0.976. The molecular formula is C12H12N2O. The molecule has 76 valence electrons. The monoisotopic (exact) mass is 200 g/mol. The first-order valence-electron chi connectivity index (χ1n) is 5.10. The van der Waals surface area contributed by atoms with Crippen LogP contribution >= 0.6 is 0 Å². The topological polar surface area (TPSA) is 33.3 Å². The molecule has 0 radical (unpaired) electrons. The first-order chi connectivity index (χ1) is 7.45. The van der Waals surface area contributed by atoms with Gasteiger partial charge in [0.2, 0.25) is 0 Å². The van der Waals surface area contributed by atoms with Crippen molar-refractivity contribution in [3.8, 4) is 5.75 Å². The zero-order valence-corrected chi connectivity index (χ0v) is 8.29. The molecule has 0 bridgehead atoms. The second-order valence-corrected chi connectivity index (χ2v) is 3.64. The van der Waals surface area contributed by atoms with Crippen molar-refractivity contribution in [3.63, 3.8) is 0 Å². The molecule has 0 aromatic heterocycles. The highest BCUT2D eigenvalue weighted by Gasteiger charge is 2.11. The molecule has 3 heteroatoms. The van der Waals surface area contributed by atoms with Gasteiger partial charge >= 0.3 is 0 Å². The predicted molar refractivity (Wildman–Crippen MR) is 59.4 cm³/mol. The van der Waals surface area contributed by atoms with E-state index in [9.17, 15) is 0 Å². The molecular weight excluding hydrogens is 188 g/mol. The Kier molecular flexibility index (Phi) is 2.05. The second kappa shape index (κ2) is 3.53. The third-order valence-corrected chi connectivity index (χ3v) is 2.73. The summed E-state index contributed by atoms with van der Waals surface area (Å²) >= 11 is 0. The van der Waals surface area contributed by atoms with Gasteiger partial charge in [0.05, 0.1) is 0 Å². The van der Waals surface area contributed by atoms with Gasteiger partial charge in [-0.2, -0.15) is 0 Å². The molecule has 0 unspecified atom stereocenters. The lowest BCUT2D eigenvalue weighted by atomic mass is 10.0. The average Bonchev–Trinajstić information content (AvgIpc) is 2.54. The summed E-state index contributed by atoms with van der Waals surface area (Å²) in [6.45, 7) is 0.876. The Morgan fingerprint density at radius 3 is 3.00 bits per heavy atom. The minimum Gasteiger partial charge on any atom is -0.394 e. The van der Waals surface area contributed by atoms with Gasteiger partial charge in [0.15, 0.2) is 5.75 Å². The number of rotatable bonds is 0. The van der Waals surface area contributed by atoms with E-state index in [4.69, 9.17) is 4.84 Å². The van der Waals surface area contributed by atoms with Crippen LogP contribution in [0.1, 0.15) is 5.56 Å². The van der Waals surface area contributed by atoms with Crippen molar-refractivity contribution >= 4 is 10.8 Å². The number of nitrogens with one attached hydrogen (secondary N) is 2.